The number of nitrogen functional groups attached to an aromatic ring is 1. The van der Waals surface area contributed by atoms with Gasteiger partial charge >= 0.3 is 0 Å². The van der Waals surface area contributed by atoms with E-state index < -0.39 is 0 Å². The Labute approximate surface area is 118 Å². The molecule has 3 nitrogen and oxygen atoms in total. The standard InChI is InChI=1S/C17H15N3/c18-17-12-14(10-11-19-17)20-16-9-5-4-8-15(16)13-6-2-1-3-7-13/h1-12H,(H3,18,19,20). The normalized spacial score (nSPS) is 10.2. The molecule has 0 aliphatic rings. The minimum atomic E-state index is 0.507. The van der Waals surface area contributed by atoms with E-state index in [0.717, 1.165) is 16.9 Å². The molecule has 0 amide bonds. The molecule has 3 heteroatoms. The van der Waals surface area contributed by atoms with E-state index in [-0.39, 0.29) is 0 Å². The van der Waals surface area contributed by atoms with Gasteiger partial charge in [0.1, 0.15) is 5.82 Å². The highest BCUT2D eigenvalue weighted by molar-refractivity contribution is 5.81. The fraction of sp³-hybridized carbons (Fsp3) is 0. The SMILES string of the molecule is Nc1cc(Nc2ccccc2-c2ccccc2)ccn1. The van der Waals surface area contributed by atoms with Crippen LogP contribution in [0.3, 0.4) is 0 Å². The molecule has 0 saturated carbocycles. The van der Waals surface area contributed by atoms with Crippen molar-refractivity contribution in [3.63, 3.8) is 0 Å². The maximum absolute atomic E-state index is 5.71. The molecule has 0 aliphatic heterocycles. The number of hydrogen-bond acceptors (Lipinski definition) is 3. The third-order valence-electron chi connectivity index (χ3n) is 3.07. The fourth-order valence-electron chi connectivity index (χ4n) is 2.14. The molecule has 98 valence electrons. The average Bonchev–Trinajstić information content (AvgIpc) is 2.49. The van der Waals surface area contributed by atoms with Crippen LogP contribution in [0.4, 0.5) is 17.2 Å². The Kier molecular flexibility index (Phi) is 3.33. The average molecular weight is 261 g/mol. The Balaban J connectivity index is 1.99. The van der Waals surface area contributed by atoms with E-state index in [1.165, 1.54) is 5.56 Å². The Morgan fingerprint density at radius 2 is 1.60 bits per heavy atom. The predicted molar refractivity (Wildman–Crippen MR) is 83.8 cm³/mol. The van der Waals surface area contributed by atoms with Crippen molar-refractivity contribution in [2.45, 2.75) is 0 Å². The van der Waals surface area contributed by atoms with Gasteiger partial charge in [-0.3, -0.25) is 0 Å². The summed E-state index contributed by atoms with van der Waals surface area (Å²) in [7, 11) is 0. The highest BCUT2D eigenvalue weighted by Gasteiger charge is 2.04. The van der Waals surface area contributed by atoms with Gasteiger partial charge in [0.2, 0.25) is 0 Å². The fourth-order valence-corrected chi connectivity index (χ4v) is 2.14. The molecule has 0 aliphatic carbocycles. The zero-order valence-electron chi connectivity index (χ0n) is 11.0. The van der Waals surface area contributed by atoms with Crippen LogP contribution in [-0.4, -0.2) is 4.98 Å². The molecule has 0 saturated heterocycles. The predicted octanol–water partition coefficient (Wildman–Crippen LogP) is 4.07. The highest BCUT2D eigenvalue weighted by atomic mass is 14.9. The van der Waals surface area contributed by atoms with Gasteiger partial charge in [0.15, 0.2) is 0 Å². The quantitative estimate of drug-likeness (QED) is 0.747. The molecular weight excluding hydrogens is 246 g/mol. The lowest BCUT2D eigenvalue weighted by atomic mass is 10.0. The summed E-state index contributed by atoms with van der Waals surface area (Å²) >= 11 is 0. The van der Waals surface area contributed by atoms with Crippen LogP contribution in [-0.2, 0) is 0 Å². The first kappa shape index (κ1) is 12.2. The summed E-state index contributed by atoms with van der Waals surface area (Å²) in [5.74, 6) is 0.507. The lowest BCUT2D eigenvalue weighted by Gasteiger charge is -2.12. The van der Waals surface area contributed by atoms with Gasteiger partial charge in [0.25, 0.3) is 0 Å². The number of nitrogens with one attached hydrogen (secondary N) is 1. The van der Waals surface area contributed by atoms with Crippen LogP contribution in [0, 0.1) is 0 Å². The van der Waals surface area contributed by atoms with Crippen LogP contribution in [0.1, 0.15) is 0 Å². The summed E-state index contributed by atoms with van der Waals surface area (Å²) in [5, 5.41) is 3.39. The maximum atomic E-state index is 5.71. The number of benzene rings is 2. The molecule has 3 N–H and O–H groups in total. The monoisotopic (exact) mass is 261 g/mol. The minimum Gasteiger partial charge on any atom is -0.384 e. The van der Waals surface area contributed by atoms with E-state index in [2.05, 4.69) is 34.6 Å². The largest absolute Gasteiger partial charge is 0.384 e. The zero-order valence-corrected chi connectivity index (χ0v) is 11.0. The van der Waals surface area contributed by atoms with Gasteiger partial charge in [-0.05, 0) is 17.7 Å². The van der Waals surface area contributed by atoms with Crippen molar-refractivity contribution in [3.8, 4) is 11.1 Å². The number of rotatable bonds is 3. The zero-order chi connectivity index (χ0) is 13.8. The second-order valence-corrected chi connectivity index (χ2v) is 4.51. The summed E-state index contributed by atoms with van der Waals surface area (Å²) in [4.78, 5) is 4.00. The van der Waals surface area contributed by atoms with E-state index in [9.17, 15) is 0 Å². The smallest absolute Gasteiger partial charge is 0.125 e. The molecule has 0 atom stereocenters. The van der Waals surface area contributed by atoms with Gasteiger partial charge in [-0.2, -0.15) is 0 Å². The summed E-state index contributed by atoms with van der Waals surface area (Å²) < 4.78 is 0. The van der Waals surface area contributed by atoms with Crippen LogP contribution < -0.4 is 11.1 Å². The third-order valence-corrected chi connectivity index (χ3v) is 3.07. The minimum absolute atomic E-state index is 0.507. The molecule has 0 spiro atoms. The van der Waals surface area contributed by atoms with Crippen molar-refractivity contribution < 1.29 is 0 Å². The first-order valence-electron chi connectivity index (χ1n) is 6.46. The molecule has 1 heterocycles. The van der Waals surface area contributed by atoms with Gasteiger partial charge < -0.3 is 11.1 Å². The molecule has 0 radical (unpaired) electrons. The summed E-state index contributed by atoms with van der Waals surface area (Å²) in [6.07, 6.45) is 1.70. The van der Waals surface area contributed by atoms with Crippen molar-refractivity contribution >= 4 is 17.2 Å². The Bertz CT molecular complexity index is 708. The molecule has 3 rings (SSSR count). The van der Waals surface area contributed by atoms with Crippen LogP contribution >= 0.6 is 0 Å². The molecule has 3 aromatic rings. The van der Waals surface area contributed by atoms with Crippen molar-refractivity contribution in [2.24, 2.45) is 0 Å². The molecule has 0 bridgehead atoms. The van der Waals surface area contributed by atoms with Gasteiger partial charge in [-0.25, -0.2) is 4.98 Å². The first-order chi connectivity index (χ1) is 9.83. The first-order valence-corrected chi connectivity index (χ1v) is 6.46. The van der Waals surface area contributed by atoms with E-state index >= 15 is 0 Å². The van der Waals surface area contributed by atoms with Crippen molar-refractivity contribution in [1.82, 2.24) is 4.98 Å². The second-order valence-electron chi connectivity index (χ2n) is 4.51. The Morgan fingerprint density at radius 1 is 0.850 bits per heavy atom. The maximum Gasteiger partial charge on any atom is 0.125 e. The van der Waals surface area contributed by atoms with Crippen LogP contribution in [0.15, 0.2) is 72.9 Å². The number of aromatic nitrogens is 1. The molecule has 0 fully saturated rings. The second kappa shape index (κ2) is 5.45. The summed E-state index contributed by atoms with van der Waals surface area (Å²) in [5.41, 5.74) is 10.0. The topological polar surface area (TPSA) is 50.9 Å². The van der Waals surface area contributed by atoms with Gasteiger partial charge in [-0.15, -0.1) is 0 Å². The van der Waals surface area contributed by atoms with E-state index in [1.54, 1.807) is 6.20 Å². The lowest BCUT2D eigenvalue weighted by Crippen LogP contribution is -1.95. The Hall–Kier alpha value is -2.81. The van der Waals surface area contributed by atoms with Crippen LogP contribution in [0.5, 0.6) is 0 Å². The van der Waals surface area contributed by atoms with E-state index in [0.29, 0.717) is 5.82 Å². The van der Waals surface area contributed by atoms with Crippen LogP contribution in [0.2, 0.25) is 0 Å². The molecule has 2 aromatic carbocycles. The molecule has 20 heavy (non-hydrogen) atoms. The summed E-state index contributed by atoms with van der Waals surface area (Å²) in [6, 6.07) is 22.2. The van der Waals surface area contributed by atoms with Crippen molar-refractivity contribution in [2.75, 3.05) is 11.1 Å². The van der Waals surface area contributed by atoms with E-state index in [1.807, 2.05) is 42.5 Å². The number of nitrogens with zero attached hydrogens (tertiary/aromatic N) is 1. The molecule has 1 aromatic heterocycles. The van der Waals surface area contributed by atoms with Crippen molar-refractivity contribution in [1.29, 1.82) is 0 Å². The number of pyridine rings is 1. The number of hydrogen-bond donors (Lipinski definition) is 2. The Morgan fingerprint density at radius 3 is 2.40 bits per heavy atom. The highest BCUT2D eigenvalue weighted by Crippen LogP contribution is 2.30. The summed E-state index contributed by atoms with van der Waals surface area (Å²) in [6.45, 7) is 0. The van der Waals surface area contributed by atoms with Gasteiger partial charge in [-0.1, -0.05) is 48.5 Å². The third kappa shape index (κ3) is 2.62. The molecular formula is C17H15N3. The molecule has 0 unspecified atom stereocenters. The van der Waals surface area contributed by atoms with Crippen LogP contribution in [0.25, 0.3) is 11.1 Å². The lowest BCUT2D eigenvalue weighted by molar-refractivity contribution is 1.33. The van der Waals surface area contributed by atoms with Gasteiger partial charge in [0.05, 0.1) is 0 Å². The van der Waals surface area contributed by atoms with E-state index in [4.69, 9.17) is 5.73 Å². The van der Waals surface area contributed by atoms with Gasteiger partial charge in [0, 0.05) is 29.2 Å². The van der Waals surface area contributed by atoms with Crippen molar-refractivity contribution in [3.05, 3.63) is 72.9 Å². The number of anilines is 3. The number of para-hydroxylation sites is 1. The number of nitrogens with two attached hydrogens (primary N) is 1.